The highest BCUT2D eigenvalue weighted by Gasteiger charge is 2.21. The fourth-order valence-corrected chi connectivity index (χ4v) is 3.49. The van der Waals surface area contributed by atoms with Crippen molar-refractivity contribution in [2.75, 3.05) is 0 Å². The number of benzene rings is 3. The van der Waals surface area contributed by atoms with Crippen LogP contribution in [-0.2, 0) is 11.3 Å². The molecule has 4 rings (SSSR count). The molecule has 0 fully saturated rings. The van der Waals surface area contributed by atoms with Crippen molar-refractivity contribution in [2.24, 2.45) is 0 Å². The second-order valence-corrected chi connectivity index (χ2v) is 7.06. The lowest BCUT2D eigenvalue weighted by Gasteiger charge is -2.23. The molecule has 1 atom stereocenters. The molecular weight excluding hydrogens is 346 g/mol. The molecule has 0 aliphatic heterocycles. The number of ketones is 1. The molecular formula is C25H23NO2. The van der Waals surface area contributed by atoms with Gasteiger partial charge in [-0.25, -0.2) is 0 Å². The van der Waals surface area contributed by atoms with Crippen molar-refractivity contribution >= 4 is 5.78 Å². The number of nitrogens with one attached hydrogen (secondary N) is 1. The van der Waals surface area contributed by atoms with Crippen molar-refractivity contribution in [1.29, 1.82) is 0 Å². The molecule has 0 heterocycles. The maximum atomic E-state index is 12.2. The molecule has 0 bridgehead atoms. The molecule has 3 nitrogen and oxygen atoms in total. The average molecular weight is 369 g/mol. The normalized spacial score (nSPS) is 16.4. The van der Waals surface area contributed by atoms with Crippen molar-refractivity contribution in [2.45, 2.75) is 25.3 Å². The Morgan fingerprint density at radius 3 is 2.14 bits per heavy atom. The third kappa shape index (κ3) is 4.68. The molecule has 1 unspecified atom stereocenters. The standard InChI is InChI=1S/C25H23NO2/c27-23-16-21(20-7-3-1-4-8-20)15-22(17-23)26-18-19-11-13-25(14-12-19)28-24-9-5-2-6-10-24/h1-14,17,21,26H,15-16,18H2. The van der Waals surface area contributed by atoms with Gasteiger partial charge >= 0.3 is 0 Å². The van der Waals surface area contributed by atoms with Gasteiger partial charge in [-0.05, 0) is 47.7 Å². The van der Waals surface area contributed by atoms with Crippen LogP contribution in [0.3, 0.4) is 0 Å². The first kappa shape index (κ1) is 18.1. The molecule has 28 heavy (non-hydrogen) atoms. The number of hydrogen-bond donors (Lipinski definition) is 1. The summed E-state index contributed by atoms with van der Waals surface area (Å²) < 4.78 is 5.83. The highest BCUT2D eigenvalue weighted by atomic mass is 16.5. The van der Waals surface area contributed by atoms with Gasteiger partial charge in [0.05, 0.1) is 0 Å². The van der Waals surface area contributed by atoms with E-state index in [-0.39, 0.29) is 11.7 Å². The van der Waals surface area contributed by atoms with Gasteiger partial charge < -0.3 is 10.1 Å². The smallest absolute Gasteiger partial charge is 0.158 e. The van der Waals surface area contributed by atoms with E-state index in [4.69, 9.17) is 4.74 Å². The van der Waals surface area contributed by atoms with E-state index in [2.05, 4.69) is 17.4 Å². The van der Waals surface area contributed by atoms with E-state index < -0.39 is 0 Å². The zero-order valence-electron chi connectivity index (χ0n) is 15.7. The van der Waals surface area contributed by atoms with E-state index in [0.717, 1.165) is 29.2 Å². The van der Waals surface area contributed by atoms with Gasteiger partial charge in [-0.3, -0.25) is 4.79 Å². The molecule has 3 aromatic rings. The van der Waals surface area contributed by atoms with E-state index in [9.17, 15) is 4.79 Å². The van der Waals surface area contributed by atoms with Gasteiger partial charge in [0.25, 0.3) is 0 Å². The molecule has 0 aromatic heterocycles. The first-order valence-electron chi connectivity index (χ1n) is 9.60. The monoisotopic (exact) mass is 369 g/mol. The lowest BCUT2D eigenvalue weighted by molar-refractivity contribution is -0.115. The topological polar surface area (TPSA) is 38.3 Å². The van der Waals surface area contributed by atoms with Crippen molar-refractivity contribution in [3.8, 4) is 11.5 Å². The Kier molecular flexibility index (Phi) is 5.53. The molecule has 3 aromatic carbocycles. The average Bonchev–Trinajstić information content (AvgIpc) is 2.74. The van der Waals surface area contributed by atoms with Gasteiger partial charge in [-0.2, -0.15) is 0 Å². The quantitative estimate of drug-likeness (QED) is 0.615. The number of para-hydroxylation sites is 1. The Balaban J connectivity index is 1.35. The van der Waals surface area contributed by atoms with Crippen LogP contribution in [0.2, 0.25) is 0 Å². The number of hydrogen-bond acceptors (Lipinski definition) is 3. The van der Waals surface area contributed by atoms with Crippen LogP contribution in [0, 0.1) is 0 Å². The second-order valence-electron chi connectivity index (χ2n) is 7.06. The summed E-state index contributed by atoms with van der Waals surface area (Å²) in [4.78, 5) is 12.2. The molecule has 0 spiro atoms. The number of allylic oxidation sites excluding steroid dienone is 2. The highest BCUT2D eigenvalue weighted by molar-refractivity contribution is 5.91. The van der Waals surface area contributed by atoms with E-state index >= 15 is 0 Å². The molecule has 0 radical (unpaired) electrons. The predicted molar refractivity (Wildman–Crippen MR) is 111 cm³/mol. The van der Waals surface area contributed by atoms with Crippen molar-refractivity contribution in [1.82, 2.24) is 5.32 Å². The molecule has 0 saturated heterocycles. The number of carbonyl (C=O) groups is 1. The van der Waals surface area contributed by atoms with Gasteiger partial charge in [-0.15, -0.1) is 0 Å². The minimum atomic E-state index is 0.189. The van der Waals surface area contributed by atoms with E-state index in [1.165, 1.54) is 5.56 Å². The van der Waals surface area contributed by atoms with E-state index in [1.54, 1.807) is 6.08 Å². The maximum absolute atomic E-state index is 12.2. The molecule has 0 amide bonds. The summed E-state index contributed by atoms with van der Waals surface area (Å²) in [5.74, 6) is 2.08. The molecule has 0 saturated carbocycles. The maximum Gasteiger partial charge on any atom is 0.158 e. The zero-order valence-corrected chi connectivity index (χ0v) is 15.7. The largest absolute Gasteiger partial charge is 0.457 e. The summed E-state index contributed by atoms with van der Waals surface area (Å²) >= 11 is 0. The van der Waals surface area contributed by atoms with Crippen molar-refractivity contribution in [3.05, 3.63) is 108 Å². The lowest BCUT2D eigenvalue weighted by Crippen LogP contribution is -2.21. The lowest BCUT2D eigenvalue weighted by atomic mass is 9.85. The second kappa shape index (κ2) is 8.57. The minimum Gasteiger partial charge on any atom is -0.457 e. The molecule has 1 aliphatic rings. The van der Waals surface area contributed by atoms with Crippen molar-refractivity contribution in [3.63, 3.8) is 0 Å². The number of rotatable bonds is 6. The van der Waals surface area contributed by atoms with Crippen LogP contribution in [0.5, 0.6) is 11.5 Å². The van der Waals surface area contributed by atoms with Crippen LogP contribution < -0.4 is 10.1 Å². The van der Waals surface area contributed by atoms with Crippen LogP contribution in [0.4, 0.5) is 0 Å². The first-order chi connectivity index (χ1) is 13.8. The van der Waals surface area contributed by atoms with Gasteiger partial charge in [0.15, 0.2) is 5.78 Å². The Bertz CT molecular complexity index is 947. The highest BCUT2D eigenvalue weighted by Crippen LogP contribution is 2.30. The Morgan fingerprint density at radius 2 is 1.43 bits per heavy atom. The summed E-state index contributed by atoms with van der Waals surface area (Å²) in [6.45, 7) is 0.687. The van der Waals surface area contributed by atoms with Crippen LogP contribution in [0.1, 0.15) is 29.9 Å². The van der Waals surface area contributed by atoms with Gasteiger partial charge in [-0.1, -0.05) is 60.7 Å². The first-order valence-corrected chi connectivity index (χ1v) is 9.60. The molecule has 140 valence electrons. The van der Waals surface area contributed by atoms with E-state index in [1.807, 2.05) is 72.8 Å². The van der Waals surface area contributed by atoms with Crippen LogP contribution >= 0.6 is 0 Å². The third-order valence-electron chi connectivity index (χ3n) is 4.94. The number of carbonyl (C=O) groups excluding carboxylic acids is 1. The van der Waals surface area contributed by atoms with Crippen LogP contribution in [0.25, 0.3) is 0 Å². The molecule has 1 N–H and O–H groups in total. The summed E-state index contributed by atoms with van der Waals surface area (Å²) in [5.41, 5.74) is 3.39. The summed E-state index contributed by atoms with van der Waals surface area (Å²) in [7, 11) is 0. The zero-order chi connectivity index (χ0) is 19.2. The van der Waals surface area contributed by atoms with Crippen LogP contribution in [0.15, 0.2) is 96.7 Å². The van der Waals surface area contributed by atoms with Gasteiger partial charge in [0.1, 0.15) is 11.5 Å². The molecule has 3 heteroatoms. The van der Waals surface area contributed by atoms with Gasteiger partial charge in [0, 0.05) is 24.7 Å². The van der Waals surface area contributed by atoms with E-state index in [0.29, 0.717) is 13.0 Å². The Labute approximate surface area is 165 Å². The minimum absolute atomic E-state index is 0.189. The predicted octanol–water partition coefficient (Wildman–Crippen LogP) is 5.60. The SMILES string of the molecule is O=C1C=C(NCc2ccc(Oc3ccccc3)cc2)CC(c2ccccc2)C1. The van der Waals surface area contributed by atoms with Crippen LogP contribution in [-0.4, -0.2) is 5.78 Å². The fraction of sp³-hybridized carbons (Fsp3) is 0.160. The summed E-state index contributed by atoms with van der Waals surface area (Å²) in [6.07, 6.45) is 3.21. The Morgan fingerprint density at radius 1 is 0.786 bits per heavy atom. The Hall–Kier alpha value is -3.33. The number of ether oxygens (including phenoxy) is 1. The third-order valence-corrected chi connectivity index (χ3v) is 4.94. The summed E-state index contributed by atoms with van der Waals surface area (Å²) in [6, 6.07) is 28.1. The summed E-state index contributed by atoms with van der Waals surface area (Å²) in [5, 5.41) is 3.44. The molecule has 1 aliphatic carbocycles. The van der Waals surface area contributed by atoms with Crippen molar-refractivity contribution < 1.29 is 9.53 Å². The fourth-order valence-electron chi connectivity index (χ4n) is 3.49. The van der Waals surface area contributed by atoms with Gasteiger partial charge in [0.2, 0.25) is 0 Å².